The molecule has 17 heavy (non-hydrogen) atoms. The molecule has 0 atom stereocenters. The highest BCUT2D eigenvalue weighted by Crippen LogP contribution is 2.36. The van der Waals surface area contributed by atoms with E-state index >= 15 is 0 Å². The van der Waals surface area contributed by atoms with Gasteiger partial charge < -0.3 is 4.43 Å². The molecule has 0 N–H and O–H groups in total. The van der Waals surface area contributed by atoms with Crippen molar-refractivity contribution in [1.29, 1.82) is 0 Å². The zero-order chi connectivity index (χ0) is 13.1. The quantitative estimate of drug-likeness (QED) is 0.635. The van der Waals surface area contributed by atoms with Gasteiger partial charge in [0.2, 0.25) is 0 Å². The summed E-state index contributed by atoms with van der Waals surface area (Å²) in [6.07, 6.45) is 8.21. The number of rotatable bonds is 4. The third-order valence-electron chi connectivity index (χ3n) is 4.15. The molecule has 0 aliphatic heterocycles. The van der Waals surface area contributed by atoms with Crippen LogP contribution in [0.3, 0.4) is 0 Å². The molecule has 0 saturated heterocycles. The van der Waals surface area contributed by atoms with E-state index in [4.69, 9.17) is 4.43 Å². The van der Waals surface area contributed by atoms with Crippen LogP contribution in [0, 0.1) is 0 Å². The van der Waals surface area contributed by atoms with Crippen LogP contribution in [0.5, 0.6) is 0 Å². The lowest BCUT2D eigenvalue weighted by molar-refractivity contribution is 0.292. The Morgan fingerprint density at radius 1 is 1.18 bits per heavy atom. The Hall–Kier alpha value is -0.343. The highest BCUT2D eigenvalue weighted by atomic mass is 28.4. The minimum Gasteiger partial charge on any atom is -0.416 e. The maximum atomic E-state index is 6.22. The lowest BCUT2D eigenvalue weighted by Gasteiger charge is -2.36. The zero-order valence-corrected chi connectivity index (χ0v) is 13.4. The second-order valence-corrected chi connectivity index (χ2v) is 11.4. The number of allylic oxidation sites excluding steroid dienone is 3. The molecular weight excluding hydrogens is 224 g/mol. The Balaban J connectivity index is 2.43. The molecule has 0 fully saturated rings. The predicted octanol–water partition coefficient (Wildman–Crippen LogP) is 5.06. The first-order chi connectivity index (χ1) is 7.74. The van der Waals surface area contributed by atoms with Gasteiger partial charge in [-0.2, -0.15) is 0 Å². The van der Waals surface area contributed by atoms with Crippen molar-refractivity contribution in [3.8, 4) is 0 Å². The Bertz CT molecular complexity index is 318. The Morgan fingerprint density at radius 2 is 1.76 bits per heavy atom. The van der Waals surface area contributed by atoms with Crippen LogP contribution in [-0.4, -0.2) is 14.9 Å². The van der Waals surface area contributed by atoms with E-state index in [-0.39, 0.29) is 0 Å². The van der Waals surface area contributed by atoms with E-state index in [1.54, 1.807) is 0 Å². The van der Waals surface area contributed by atoms with Crippen molar-refractivity contribution in [2.45, 2.75) is 65.1 Å². The third kappa shape index (κ3) is 4.11. The highest BCUT2D eigenvalue weighted by molar-refractivity contribution is 6.74. The zero-order valence-electron chi connectivity index (χ0n) is 12.4. The molecule has 1 aliphatic carbocycles. The van der Waals surface area contributed by atoms with Crippen LogP contribution in [0.25, 0.3) is 0 Å². The van der Waals surface area contributed by atoms with Crippen molar-refractivity contribution >= 4 is 8.32 Å². The molecule has 2 heteroatoms. The van der Waals surface area contributed by atoms with Gasteiger partial charge in [-0.25, -0.2) is 0 Å². The summed E-state index contributed by atoms with van der Waals surface area (Å²) in [6.45, 7) is 14.6. The van der Waals surface area contributed by atoms with Crippen molar-refractivity contribution in [2.75, 3.05) is 6.61 Å². The fourth-order valence-corrected chi connectivity index (χ4v) is 2.83. The van der Waals surface area contributed by atoms with Gasteiger partial charge in [0.05, 0.1) is 0 Å². The summed E-state index contributed by atoms with van der Waals surface area (Å²) in [5.41, 5.74) is 2.95. The number of hydrogen-bond acceptors (Lipinski definition) is 1. The molecule has 0 saturated carbocycles. The first kappa shape index (κ1) is 14.7. The fraction of sp³-hybridized carbons (Fsp3) is 0.733. The molecule has 1 aliphatic rings. The van der Waals surface area contributed by atoms with Crippen LogP contribution in [0.1, 0.15) is 47.0 Å². The van der Waals surface area contributed by atoms with Crippen molar-refractivity contribution < 1.29 is 4.43 Å². The maximum absolute atomic E-state index is 6.22. The second kappa shape index (κ2) is 5.53. The van der Waals surface area contributed by atoms with Crippen LogP contribution in [0.2, 0.25) is 18.1 Å². The van der Waals surface area contributed by atoms with Crippen LogP contribution in [-0.2, 0) is 4.43 Å². The minimum atomic E-state index is -1.56. The molecule has 0 spiro atoms. The first-order valence-corrected chi connectivity index (χ1v) is 9.65. The molecule has 0 heterocycles. The van der Waals surface area contributed by atoms with Crippen LogP contribution in [0.15, 0.2) is 23.3 Å². The summed E-state index contributed by atoms with van der Waals surface area (Å²) in [7, 11) is -1.56. The van der Waals surface area contributed by atoms with Crippen molar-refractivity contribution in [3.05, 3.63) is 23.3 Å². The van der Waals surface area contributed by atoms with Gasteiger partial charge in [-0.3, -0.25) is 0 Å². The van der Waals surface area contributed by atoms with E-state index in [0.29, 0.717) is 5.04 Å². The van der Waals surface area contributed by atoms with Crippen molar-refractivity contribution in [3.63, 3.8) is 0 Å². The SMILES string of the molecule is CC1=CCCC=C1CCO[Si](C)(C)C(C)(C)C. The van der Waals surface area contributed by atoms with Gasteiger partial charge >= 0.3 is 0 Å². The molecule has 0 aromatic carbocycles. The van der Waals surface area contributed by atoms with E-state index < -0.39 is 8.32 Å². The highest BCUT2D eigenvalue weighted by Gasteiger charge is 2.36. The van der Waals surface area contributed by atoms with Gasteiger partial charge in [0, 0.05) is 6.61 Å². The number of hydrogen-bond donors (Lipinski definition) is 0. The predicted molar refractivity (Wildman–Crippen MR) is 78.8 cm³/mol. The average Bonchev–Trinajstić information content (AvgIpc) is 2.19. The van der Waals surface area contributed by atoms with E-state index in [0.717, 1.165) is 13.0 Å². The standard InChI is InChI=1S/C15H28OSi/c1-13-9-7-8-10-14(13)11-12-16-17(5,6)15(2,3)4/h9-10H,7-8,11-12H2,1-6H3. The molecule has 0 amide bonds. The Kier molecular flexibility index (Phi) is 4.79. The molecule has 0 aromatic heterocycles. The lowest BCUT2D eigenvalue weighted by atomic mass is 9.97. The smallest absolute Gasteiger partial charge is 0.191 e. The maximum Gasteiger partial charge on any atom is 0.191 e. The van der Waals surface area contributed by atoms with Crippen LogP contribution >= 0.6 is 0 Å². The van der Waals surface area contributed by atoms with Crippen LogP contribution < -0.4 is 0 Å². The minimum absolute atomic E-state index is 0.318. The van der Waals surface area contributed by atoms with E-state index in [1.807, 2.05) is 0 Å². The summed E-state index contributed by atoms with van der Waals surface area (Å²) < 4.78 is 6.22. The summed E-state index contributed by atoms with van der Waals surface area (Å²) >= 11 is 0. The second-order valence-electron chi connectivity index (χ2n) is 6.55. The molecule has 1 rings (SSSR count). The molecule has 0 aromatic rings. The Morgan fingerprint density at radius 3 is 2.29 bits per heavy atom. The molecular formula is C15H28OSi. The first-order valence-electron chi connectivity index (χ1n) is 6.74. The van der Waals surface area contributed by atoms with Gasteiger partial charge in [-0.05, 0) is 49.9 Å². The lowest BCUT2D eigenvalue weighted by Crippen LogP contribution is -2.41. The summed E-state index contributed by atoms with van der Waals surface area (Å²) in [4.78, 5) is 0. The molecule has 98 valence electrons. The van der Waals surface area contributed by atoms with Crippen molar-refractivity contribution in [1.82, 2.24) is 0 Å². The van der Waals surface area contributed by atoms with Crippen molar-refractivity contribution in [2.24, 2.45) is 0 Å². The van der Waals surface area contributed by atoms with E-state index in [9.17, 15) is 0 Å². The van der Waals surface area contributed by atoms with Gasteiger partial charge in [-0.1, -0.05) is 38.5 Å². The average molecular weight is 252 g/mol. The summed E-state index contributed by atoms with van der Waals surface area (Å²) in [6, 6.07) is 0. The molecule has 0 unspecified atom stereocenters. The monoisotopic (exact) mass is 252 g/mol. The van der Waals surface area contributed by atoms with E-state index in [1.165, 1.54) is 24.0 Å². The van der Waals surface area contributed by atoms with Gasteiger partial charge in [-0.15, -0.1) is 0 Å². The normalized spacial score (nSPS) is 17.8. The topological polar surface area (TPSA) is 9.23 Å². The fourth-order valence-electron chi connectivity index (χ4n) is 1.78. The molecule has 0 bridgehead atoms. The van der Waals surface area contributed by atoms with Gasteiger partial charge in [0.15, 0.2) is 8.32 Å². The largest absolute Gasteiger partial charge is 0.416 e. The van der Waals surface area contributed by atoms with E-state index in [2.05, 4.69) is 52.9 Å². The Labute approximate surface area is 108 Å². The summed E-state index contributed by atoms with van der Waals surface area (Å²) in [5.74, 6) is 0. The van der Waals surface area contributed by atoms with Gasteiger partial charge in [0.25, 0.3) is 0 Å². The summed E-state index contributed by atoms with van der Waals surface area (Å²) in [5, 5.41) is 0.318. The third-order valence-corrected chi connectivity index (χ3v) is 8.69. The van der Waals surface area contributed by atoms with Gasteiger partial charge in [0.1, 0.15) is 0 Å². The molecule has 0 radical (unpaired) electrons. The van der Waals surface area contributed by atoms with Crippen LogP contribution in [0.4, 0.5) is 0 Å². The molecule has 1 nitrogen and oxygen atoms in total.